The summed E-state index contributed by atoms with van der Waals surface area (Å²) in [4.78, 5) is 24.8. The molecule has 7 nitrogen and oxygen atoms in total. The Hall–Kier alpha value is -3.22. The van der Waals surface area contributed by atoms with Crippen molar-refractivity contribution >= 4 is 12.0 Å². The van der Waals surface area contributed by atoms with Gasteiger partial charge in [0.1, 0.15) is 24.0 Å². The van der Waals surface area contributed by atoms with Crippen molar-refractivity contribution in [3.05, 3.63) is 66.3 Å². The summed E-state index contributed by atoms with van der Waals surface area (Å²) in [5.74, 6) is -0.207. The van der Waals surface area contributed by atoms with Gasteiger partial charge >= 0.3 is 12.0 Å². The Kier molecular flexibility index (Phi) is 5.49. The summed E-state index contributed by atoms with van der Waals surface area (Å²) < 4.78 is 16.4. The number of ether oxygens (including phenoxy) is 2. The Morgan fingerprint density at radius 2 is 2.04 bits per heavy atom. The third-order valence-electron chi connectivity index (χ3n) is 4.08. The van der Waals surface area contributed by atoms with Crippen LogP contribution >= 0.6 is 0 Å². The minimum atomic E-state index is -0.811. The molecule has 0 aliphatic carbocycles. The van der Waals surface area contributed by atoms with E-state index in [0.717, 1.165) is 0 Å². The molecule has 2 N–H and O–H groups in total. The zero-order chi connectivity index (χ0) is 19.4. The van der Waals surface area contributed by atoms with E-state index in [9.17, 15) is 9.59 Å². The molecule has 1 aromatic carbocycles. The number of carbonyl (C=O) groups is 2. The molecule has 0 spiro atoms. The molecule has 2 unspecified atom stereocenters. The van der Waals surface area contributed by atoms with E-state index in [-0.39, 0.29) is 18.4 Å². The average Bonchev–Trinajstić information content (AvgIpc) is 3.12. The standard InChI is InChI=1S/C20H22N2O5/c1-12(2)27-16-9-5-4-8-15(16)18-17(13(3)21-20(24)22-18)19(23)26-11-14-7-6-10-25-14/h4-10,12,17-18H,3,11H2,1-2H3,(H2,21,22,24). The van der Waals surface area contributed by atoms with Gasteiger partial charge in [0.15, 0.2) is 0 Å². The van der Waals surface area contributed by atoms with Gasteiger partial charge in [0, 0.05) is 11.3 Å². The highest BCUT2D eigenvalue weighted by Gasteiger charge is 2.40. The lowest BCUT2D eigenvalue weighted by Gasteiger charge is -2.34. The molecule has 142 valence electrons. The lowest BCUT2D eigenvalue weighted by atomic mass is 9.88. The molecule has 1 saturated heterocycles. The predicted molar refractivity (Wildman–Crippen MR) is 97.7 cm³/mol. The van der Waals surface area contributed by atoms with Crippen molar-refractivity contribution < 1.29 is 23.5 Å². The molecule has 2 atom stereocenters. The second kappa shape index (κ2) is 7.99. The molecule has 2 aromatic rings. The highest BCUT2D eigenvalue weighted by molar-refractivity contribution is 5.85. The zero-order valence-corrected chi connectivity index (χ0v) is 15.2. The van der Waals surface area contributed by atoms with Crippen LogP contribution in [0.5, 0.6) is 5.75 Å². The number of para-hydroxylation sites is 1. The number of rotatable bonds is 6. The van der Waals surface area contributed by atoms with Gasteiger partial charge in [0.2, 0.25) is 0 Å². The highest BCUT2D eigenvalue weighted by atomic mass is 16.5. The summed E-state index contributed by atoms with van der Waals surface area (Å²) in [5, 5.41) is 5.34. The fourth-order valence-electron chi connectivity index (χ4n) is 2.95. The van der Waals surface area contributed by atoms with E-state index >= 15 is 0 Å². The Labute approximate surface area is 157 Å². The molecule has 2 amide bonds. The normalized spacial score (nSPS) is 19.4. The van der Waals surface area contributed by atoms with E-state index in [1.165, 1.54) is 6.26 Å². The molecule has 1 aliphatic heterocycles. The Morgan fingerprint density at radius 3 is 2.74 bits per heavy atom. The minimum absolute atomic E-state index is 0.000417. The molecule has 27 heavy (non-hydrogen) atoms. The van der Waals surface area contributed by atoms with E-state index in [4.69, 9.17) is 13.9 Å². The number of carbonyl (C=O) groups excluding carboxylic acids is 2. The minimum Gasteiger partial charge on any atom is -0.491 e. The van der Waals surface area contributed by atoms with Crippen LogP contribution in [0.1, 0.15) is 31.2 Å². The first-order valence-electron chi connectivity index (χ1n) is 8.66. The lowest BCUT2D eigenvalue weighted by molar-refractivity contribution is -0.150. The number of benzene rings is 1. The SMILES string of the molecule is C=C1NC(=O)NC(c2ccccc2OC(C)C)C1C(=O)OCc1ccco1. The highest BCUT2D eigenvalue weighted by Crippen LogP contribution is 2.36. The third-order valence-corrected chi connectivity index (χ3v) is 4.08. The van der Waals surface area contributed by atoms with Crippen LogP contribution in [-0.4, -0.2) is 18.1 Å². The van der Waals surface area contributed by atoms with Crippen LogP contribution < -0.4 is 15.4 Å². The van der Waals surface area contributed by atoms with Crippen LogP contribution in [0.2, 0.25) is 0 Å². The fraction of sp³-hybridized carbons (Fsp3) is 0.300. The molecule has 0 saturated carbocycles. The molecule has 3 rings (SSSR count). The van der Waals surface area contributed by atoms with Crippen molar-refractivity contribution in [2.75, 3.05) is 0 Å². The third kappa shape index (κ3) is 4.31. The second-order valence-electron chi connectivity index (χ2n) is 6.47. The summed E-state index contributed by atoms with van der Waals surface area (Å²) in [6, 6.07) is 9.61. The van der Waals surface area contributed by atoms with Gasteiger partial charge in [-0.3, -0.25) is 4.79 Å². The van der Waals surface area contributed by atoms with Crippen LogP contribution in [0.4, 0.5) is 4.79 Å². The molecule has 2 heterocycles. The quantitative estimate of drug-likeness (QED) is 0.762. The van der Waals surface area contributed by atoms with Crippen LogP contribution in [0.15, 0.2) is 59.4 Å². The summed E-state index contributed by atoms with van der Waals surface area (Å²) >= 11 is 0. The number of nitrogens with one attached hydrogen (secondary N) is 2. The Morgan fingerprint density at radius 1 is 1.26 bits per heavy atom. The molecular weight excluding hydrogens is 348 g/mol. The molecule has 1 aliphatic rings. The summed E-state index contributed by atoms with van der Waals surface area (Å²) in [7, 11) is 0. The zero-order valence-electron chi connectivity index (χ0n) is 15.2. The van der Waals surface area contributed by atoms with Gasteiger partial charge in [-0.2, -0.15) is 0 Å². The Balaban J connectivity index is 1.87. The van der Waals surface area contributed by atoms with Crippen LogP contribution in [0.25, 0.3) is 0 Å². The van der Waals surface area contributed by atoms with Crippen molar-refractivity contribution in [3.8, 4) is 5.75 Å². The molecule has 0 radical (unpaired) electrons. The number of furan rings is 1. The van der Waals surface area contributed by atoms with Gasteiger partial charge in [0.25, 0.3) is 0 Å². The van der Waals surface area contributed by atoms with Crippen LogP contribution in [0, 0.1) is 5.92 Å². The summed E-state index contributed by atoms with van der Waals surface area (Å²) in [6.45, 7) is 7.66. The largest absolute Gasteiger partial charge is 0.491 e. The van der Waals surface area contributed by atoms with Gasteiger partial charge < -0.3 is 24.5 Å². The van der Waals surface area contributed by atoms with Gasteiger partial charge in [-0.15, -0.1) is 0 Å². The van der Waals surface area contributed by atoms with Gasteiger partial charge in [0.05, 0.1) is 18.4 Å². The predicted octanol–water partition coefficient (Wildman–Crippen LogP) is 3.29. The van der Waals surface area contributed by atoms with E-state index in [0.29, 0.717) is 17.1 Å². The Bertz CT molecular complexity index is 829. The lowest BCUT2D eigenvalue weighted by Crippen LogP contribution is -2.51. The van der Waals surface area contributed by atoms with E-state index < -0.39 is 24.0 Å². The first-order valence-corrected chi connectivity index (χ1v) is 8.66. The van der Waals surface area contributed by atoms with E-state index in [2.05, 4.69) is 17.2 Å². The van der Waals surface area contributed by atoms with Crippen molar-refractivity contribution in [2.45, 2.75) is 32.6 Å². The molecule has 7 heteroatoms. The van der Waals surface area contributed by atoms with Gasteiger partial charge in [-0.25, -0.2) is 4.79 Å². The number of urea groups is 1. The maximum absolute atomic E-state index is 12.8. The number of hydrogen-bond acceptors (Lipinski definition) is 5. The topological polar surface area (TPSA) is 89.8 Å². The molecular formula is C20H22N2O5. The smallest absolute Gasteiger partial charge is 0.319 e. The van der Waals surface area contributed by atoms with E-state index in [1.54, 1.807) is 18.2 Å². The van der Waals surface area contributed by atoms with Crippen molar-refractivity contribution in [3.63, 3.8) is 0 Å². The van der Waals surface area contributed by atoms with Crippen molar-refractivity contribution in [2.24, 2.45) is 5.92 Å². The van der Waals surface area contributed by atoms with Gasteiger partial charge in [-0.05, 0) is 32.0 Å². The number of amides is 2. The first-order chi connectivity index (χ1) is 13.0. The summed E-state index contributed by atoms with van der Waals surface area (Å²) in [5.41, 5.74) is 0.953. The second-order valence-corrected chi connectivity index (χ2v) is 6.47. The fourth-order valence-corrected chi connectivity index (χ4v) is 2.95. The number of hydrogen-bond donors (Lipinski definition) is 2. The molecule has 1 fully saturated rings. The first kappa shape index (κ1) is 18.6. The van der Waals surface area contributed by atoms with Crippen LogP contribution in [0.3, 0.4) is 0 Å². The van der Waals surface area contributed by atoms with Crippen LogP contribution in [-0.2, 0) is 16.1 Å². The molecule has 0 bridgehead atoms. The monoisotopic (exact) mass is 370 g/mol. The maximum Gasteiger partial charge on any atom is 0.319 e. The van der Waals surface area contributed by atoms with E-state index in [1.807, 2.05) is 32.0 Å². The molecule has 1 aromatic heterocycles. The van der Waals surface area contributed by atoms with Gasteiger partial charge in [-0.1, -0.05) is 24.8 Å². The maximum atomic E-state index is 12.8. The number of esters is 1. The average molecular weight is 370 g/mol. The van der Waals surface area contributed by atoms with Crippen molar-refractivity contribution in [1.82, 2.24) is 10.6 Å². The summed E-state index contributed by atoms with van der Waals surface area (Å²) in [6.07, 6.45) is 1.45. The van der Waals surface area contributed by atoms with Crippen molar-refractivity contribution in [1.29, 1.82) is 0 Å².